The molecule has 19 heteroatoms. The number of aromatic hydroxyl groups is 1. The Balaban J connectivity index is 1.94. The van der Waals surface area contributed by atoms with Crippen LogP contribution >= 0.6 is 11.3 Å². The summed E-state index contributed by atoms with van der Waals surface area (Å²) in [7, 11) is 1.90. The Morgan fingerprint density at radius 1 is 0.953 bits per heavy atom. The maximum Gasteiger partial charge on any atom is 0.426 e. The molecule has 356 valence electrons. The number of carbonyl (C=O) groups excluding carboxylic acids is 7. The van der Waals surface area contributed by atoms with E-state index in [1.165, 1.54) is 29.3 Å². The summed E-state index contributed by atoms with van der Waals surface area (Å²) in [5, 5.41) is 17.6. The van der Waals surface area contributed by atoms with Gasteiger partial charge in [-0.15, -0.1) is 11.3 Å². The lowest BCUT2D eigenvalue weighted by Crippen LogP contribution is -2.59. The Labute approximate surface area is 380 Å². The van der Waals surface area contributed by atoms with Crippen molar-refractivity contribution in [3.8, 4) is 5.75 Å². The minimum atomic E-state index is -1.03. The maximum absolute atomic E-state index is 14.8. The number of hydrogen-bond acceptors (Lipinski definition) is 14. The summed E-state index contributed by atoms with van der Waals surface area (Å²) in [4.78, 5) is 101. The van der Waals surface area contributed by atoms with Gasteiger partial charge in [0.25, 0.3) is 5.91 Å². The molecule has 0 bridgehead atoms. The highest BCUT2D eigenvalue weighted by Crippen LogP contribution is 2.32. The number of ether oxygens (including phenoxy) is 3. The lowest BCUT2D eigenvalue weighted by molar-refractivity contribution is -0.160. The lowest BCUT2D eigenvalue weighted by Gasteiger charge is -2.39. The summed E-state index contributed by atoms with van der Waals surface area (Å²) in [5.41, 5.74) is 5.30. The number of carbonyl (C=O) groups is 7. The Hall–Kier alpha value is -5.30. The van der Waals surface area contributed by atoms with Gasteiger partial charge in [-0.3, -0.25) is 39.1 Å². The molecule has 1 aromatic heterocycles. The summed E-state index contributed by atoms with van der Waals surface area (Å²) >= 11 is 1.09. The lowest BCUT2D eigenvalue weighted by atomic mass is 9.92. The predicted octanol–water partition coefficient (Wildman–Crippen LogP) is 5.16. The van der Waals surface area contributed by atoms with Crippen LogP contribution in [0.2, 0.25) is 0 Å². The smallest absolute Gasteiger partial charge is 0.426 e. The number of rotatable bonds is 23. The molecule has 0 saturated carbocycles. The number of piperidine rings is 1. The number of hydrazine groups is 1. The molecule has 0 aliphatic carbocycles. The number of nitrogens with one attached hydrogen (secondary N) is 4. The third kappa shape index (κ3) is 16.7. The molecule has 5 amide bonds. The first kappa shape index (κ1) is 53.0. The van der Waals surface area contributed by atoms with Crippen molar-refractivity contribution in [3.63, 3.8) is 0 Å². The second-order valence-corrected chi connectivity index (χ2v) is 17.7. The van der Waals surface area contributed by atoms with Crippen LogP contribution in [0.5, 0.6) is 5.75 Å². The average molecular weight is 916 g/mol. The number of hydrogen-bond donors (Lipinski definition) is 5. The molecular weight excluding hydrogens is 847 g/mol. The molecule has 2 aromatic rings. The van der Waals surface area contributed by atoms with E-state index in [2.05, 4.69) is 26.5 Å². The van der Waals surface area contributed by atoms with Crippen molar-refractivity contribution in [1.82, 2.24) is 36.3 Å². The van der Waals surface area contributed by atoms with Crippen LogP contribution in [0.1, 0.15) is 134 Å². The number of benzene rings is 1. The van der Waals surface area contributed by atoms with Crippen molar-refractivity contribution in [2.24, 2.45) is 17.8 Å². The Morgan fingerprint density at radius 2 is 1.66 bits per heavy atom. The van der Waals surface area contributed by atoms with Gasteiger partial charge in [-0.05, 0) is 82.2 Å². The van der Waals surface area contributed by atoms with Crippen molar-refractivity contribution in [2.45, 2.75) is 143 Å². The summed E-state index contributed by atoms with van der Waals surface area (Å²) < 4.78 is 16.3. The molecule has 1 aliphatic rings. The third-order valence-electron chi connectivity index (χ3n) is 11.3. The second-order valence-electron chi connectivity index (χ2n) is 16.8. The van der Waals surface area contributed by atoms with Crippen LogP contribution in [0.4, 0.5) is 4.79 Å². The zero-order chi connectivity index (χ0) is 47.5. The number of amides is 5. The van der Waals surface area contributed by atoms with E-state index in [-0.39, 0.29) is 72.5 Å². The van der Waals surface area contributed by atoms with E-state index in [1.807, 2.05) is 46.6 Å². The van der Waals surface area contributed by atoms with Gasteiger partial charge >= 0.3 is 18.0 Å². The number of likely N-dealkylation sites (N-methyl/N-ethyl adjacent to an activating group) is 1. The molecule has 64 heavy (non-hydrogen) atoms. The van der Waals surface area contributed by atoms with Gasteiger partial charge in [-0.1, -0.05) is 66.5 Å². The first-order chi connectivity index (χ1) is 30.4. The van der Waals surface area contributed by atoms with Crippen LogP contribution in [-0.2, 0) is 44.6 Å². The fourth-order valence-corrected chi connectivity index (χ4v) is 8.32. The zero-order valence-corrected chi connectivity index (χ0v) is 39.6. The van der Waals surface area contributed by atoms with Crippen LogP contribution in [0.15, 0.2) is 29.6 Å². The van der Waals surface area contributed by atoms with E-state index in [0.717, 1.165) is 36.3 Å². The molecule has 7 atom stereocenters. The molecule has 3 rings (SSSR count). The van der Waals surface area contributed by atoms with Gasteiger partial charge in [0.1, 0.15) is 22.5 Å². The minimum Gasteiger partial charge on any atom is -0.508 e. The van der Waals surface area contributed by atoms with Gasteiger partial charge < -0.3 is 34.9 Å². The molecule has 2 heterocycles. The molecule has 1 aromatic carbocycles. The quantitative estimate of drug-likeness (QED) is 0.0420. The maximum atomic E-state index is 14.8. The Morgan fingerprint density at radius 3 is 2.27 bits per heavy atom. The molecule has 18 nitrogen and oxygen atoms in total. The number of esters is 2. The second kappa shape index (κ2) is 26.5. The first-order valence-corrected chi connectivity index (χ1v) is 23.2. The van der Waals surface area contributed by atoms with E-state index in [9.17, 15) is 38.7 Å². The minimum absolute atomic E-state index is 0.0173. The number of phenols is 1. The molecule has 1 saturated heterocycles. The molecular formula is C45H69N7O11S. The number of nitrogens with zero attached hydrogens (tertiary/aromatic N) is 3. The van der Waals surface area contributed by atoms with Gasteiger partial charge in [0, 0.05) is 43.1 Å². The highest BCUT2D eigenvalue weighted by molar-refractivity contribution is 7.09. The largest absolute Gasteiger partial charge is 0.508 e. The number of phenolic OH excluding ortho intramolecular Hbond substituents is 1. The molecule has 1 fully saturated rings. The number of thiazole rings is 1. The number of likely N-dealkylation sites (tertiary alicyclic amines) is 1. The van der Waals surface area contributed by atoms with Crippen molar-refractivity contribution < 1.29 is 52.9 Å². The van der Waals surface area contributed by atoms with Gasteiger partial charge in [0.2, 0.25) is 17.7 Å². The van der Waals surface area contributed by atoms with Gasteiger partial charge in [0.15, 0.2) is 12.8 Å². The Bertz CT molecular complexity index is 1860. The van der Waals surface area contributed by atoms with E-state index in [1.54, 1.807) is 26.0 Å². The van der Waals surface area contributed by atoms with Crippen molar-refractivity contribution in [1.29, 1.82) is 0 Å². The van der Waals surface area contributed by atoms with Gasteiger partial charge in [0.05, 0.1) is 12.6 Å². The van der Waals surface area contributed by atoms with E-state index in [4.69, 9.17) is 14.2 Å². The molecule has 1 aliphatic heterocycles. The van der Waals surface area contributed by atoms with Crippen molar-refractivity contribution >= 4 is 53.0 Å². The van der Waals surface area contributed by atoms with Gasteiger partial charge in [-0.25, -0.2) is 15.2 Å². The fraction of sp³-hybridized carbons (Fsp3) is 0.644. The monoisotopic (exact) mass is 915 g/mol. The normalized spacial score (nSPS) is 16.8. The Kier molecular flexibility index (Phi) is 21.9. The highest BCUT2D eigenvalue weighted by Gasteiger charge is 2.39. The summed E-state index contributed by atoms with van der Waals surface area (Å²) in [6, 6.07) is 3.77. The first-order valence-electron chi connectivity index (χ1n) is 22.3. The zero-order valence-electron chi connectivity index (χ0n) is 38.8. The van der Waals surface area contributed by atoms with Crippen LogP contribution in [0.25, 0.3) is 0 Å². The van der Waals surface area contributed by atoms with Crippen LogP contribution in [0.3, 0.4) is 0 Å². The summed E-state index contributed by atoms with van der Waals surface area (Å²) in [6.45, 7) is 14.4. The SMILES string of the molecule is CCCC(=O)OCN(C(=O)[C@@H](NC(=O)C1CCCCN1C)C(C)CC)[C@H](C[C@@H](OC(C)=O)c1nc(C(=O)N[C@@H](Cc2ccc(O)cc2)C[C@H](C)C(=O)NNC(=O)OCC)cs1)C(C)C. The average Bonchev–Trinajstić information content (AvgIpc) is 3.75. The molecule has 2 unspecified atom stereocenters. The standard InChI is InChI=1S/C45H69N7O11S/c1-10-15-38(55)62-26-52(44(59)39(28(6)11-2)48-42(58)35-16-13-14-21-51(35)9)36(27(4)5)24-37(63-30(8)53)43-47-34(25-64-43)41(57)46-32(23-31-17-19-33(54)20-18-31)22-29(7)40(56)49-50-45(60)61-12-3/h17-20,25,27-29,32,35-37,39,54H,10-16,21-24,26H2,1-9H3,(H,46,57)(H,48,58)(H,49,56)(H,50,60)/t28?,29-,32+,35?,36+,37+,39-/m0/s1. The fourth-order valence-electron chi connectivity index (χ4n) is 7.48. The molecule has 0 radical (unpaired) electrons. The van der Waals surface area contributed by atoms with Crippen LogP contribution < -0.4 is 21.5 Å². The van der Waals surface area contributed by atoms with Crippen LogP contribution in [0, 0.1) is 17.8 Å². The third-order valence-corrected chi connectivity index (χ3v) is 12.3. The van der Waals surface area contributed by atoms with E-state index < -0.39 is 72.6 Å². The summed E-state index contributed by atoms with van der Waals surface area (Å²) in [6.07, 6.45) is 2.39. The summed E-state index contributed by atoms with van der Waals surface area (Å²) in [5.74, 6) is -4.07. The van der Waals surface area contributed by atoms with E-state index >= 15 is 0 Å². The topological polar surface area (TPSA) is 235 Å². The van der Waals surface area contributed by atoms with Gasteiger partial charge in [-0.2, -0.15) is 0 Å². The molecule has 5 N–H and O–H groups in total. The van der Waals surface area contributed by atoms with Crippen LogP contribution in [-0.4, -0.2) is 113 Å². The number of aromatic nitrogens is 1. The predicted molar refractivity (Wildman–Crippen MR) is 239 cm³/mol. The van der Waals surface area contributed by atoms with Crippen molar-refractivity contribution in [3.05, 3.63) is 45.9 Å². The van der Waals surface area contributed by atoms with E-state index in [0.29, 0.717) is 19.3 Å². The highest BCUT2D eigenvalue weighted by atomic mass is 32.1. The van der Waals surface area contributed by atoms with Crippen molar-refractivity contribution in [2.75, 3.05) is 26.9 Å². The molecule has 0 spiro atoms.